The fourth-order valence-electron chi connectivity index (χ4n) is 6.47. The van der Waals surface area contributed by atoms with Crippen molar-refractivity contribution in [1.29, 1.82) is 0 Å². The van der Waals surface area contributed by atoms with E-state index in [0.717, 1.165) is 5.82 Å². The van der Waals surface area contributed by atoms with Crippen LogP contribution in [0, 0.1) is 17.7 Å². The van der Waals surface area contributed by atoms with E-state index >= 15 is 4.39 Å². The summed E-state index contributed by atoms with van der Waals surface area (Å²) in [5.74, 6) is -5.11. The second-order valence-electron chi connectivity index (χ2n) is 12.4. The molecular weight excluding hydrogens is 580 g/mol. The van der Waals surface area contributed by atoms with Gasteiger partial charge in [0.25, 0.3) is 0 Å². The number of anilines is 3. The predicted octanol–water partition coefficient (Wildman–Crippen LogP) is 4.28. The SMILES string of the molecule is C[C@@H]1CN(c2ccc(-c3cc(NC(=O)C4CNC(=O)CC4C(F)(F)F)c(N4C[C@@H](C)N(C)[C@@H](C)C4)cc3F)cn2)C[C@H](C)O1. The molecule has 3 saturated heterocycles. The van der Waals surface area contributed by atoms with Gasteiger partial charge in [-0.25, -0.2) is 9.37 Å². The third-order valence-corrected chi connectivity index (χ3v) is 9.01. The van der Waals surface area contributed by atoms with Gasteiger partial charge < -0.3 is 25.2 Å². The number of nitrogens with zero attached hydrogens (tertiary/aromatic N) is 4. The molecule has 0 aliphatic carbocycles. The molecule has 0 radical (unpaired) electrons. The van der Waals surface area contributed by atoms with E-state index in [4.69, 9.17) is 4.74 Å². The molecule has 2 unspecified atom stereocenters. The minimum absolute atomic E-state index is 0.0332. The van der Waals surface area contributed by atoms with E-state index in [2.05, 4.69) is 25.4 Å². The lowest BCUT2D eigenvalue weighted by atomic mass is 9.84. The first-order valence-corrected chi connectivity index (χ1v) is 15.0. The number of amides is 2. The fraction of sp³-hybridized carbons (Fsp3) is 0.581. The Morgan fingerprint density at radius 3 is 2.27 bits per heavy atom. The van der Waals surface area contributed by atoms with Crippen molar-refractivity contribution >= 4 is 29.0 Å². The molecule has 0 bridgehead atoms. The maximum absolute atomic E-state index is 15.9. The van der Waals surface area contributed by atoms with Crippen molar-refractivity contribution in [2.75, 3.05) is 54.9 Å². The van der Waals surface area contributed by atoms with Crippen molar-refractivity contribution in [3.8, 4) is 11.1 Å². The lowest BCUT2D eigenvalue weighted by molar-refractivity contribution is -0.197. The number of benzene rings is 1. The molecule has 2 aromatic rings. The van der Waals surface area contributed by atoms with Gasteiger partial charge >= 0.3 is 6.18 Å². The normalized spacial score (nSPS) is 28.5. The Morgan fingerprint density at radius 1 is 1.02 bits per heavy atom. The summed E-state index contributed by atoms with van der Waals surface area (Å²) in [5, 5.41) is 5.07. The van der Waals surface area contributed by atoms with Crippen LogP contribution in [0.3, 0.4) is 0 Å². The van der Waals surface area contributed by atoms with Crippen molar-refractivity contribution in [3.05, 3.63) is 36.3 Å². The first-order valence-electron chi connectivity index (χ1n) is 15.0. The van der Waals surface area contributed by atoms with Gasteiger partial charge in [0.15, 0.2) is 0 Å². The summed E-state index contributed by atoms with van der Waals surface area (Å²) in [4.78, 5) is 36.0. The maximum atomic E-state index is 15.9. The molecule has 0 saturated carbocycles. The number of piperazine rings is 1. The summed E-state index contributed by atoms with van der Waals surface area (Å²) in [7, 11) is 2.00. The average molecular weight is 621 g/mol. The van der Waals surface area contributed by atoms with Crippen LogP contribution in [0.5, 0.6) is 0 Å². The van der Waals surface area contributed by atoms with Gasteiger partial charge in [-0.3, -0.25) is 14.5 Å². The Hall–Kier alpha value is -3.45. The van der Waals surface area contributed by atoms with E-state index in [1.807, 2.05) is 39.6 Å². The van der Waals surface area contributed by atoms with E-state index in [-0.39, 0.29) is 35.5 Å². The molecule has 13 heteroatoms. The first-order chi connectivity index (χ1) is 20.7. The second-order valence-corrected chi connectivity index (χ2v) is 12.4. The number of ether oxygens (including phenoxy) is 1. The van der Waals surface area contributed by atoms with E-state index in [0.29, 0.717) is 37.4 Å². The van der Waals surface area contributed by atoms with E-state index in [1.165, 1.54) is 12.1 Å². The highest BCUT2D eigenvalue weighted by Gasteiger charge is 2.50. The molecule has 240 valence electrons. The van der Waals surface area contributed by atoms with Crippen molar-refractivity contribution in [2.24, 2.45) is 11.8 Å². The molecule has 9 nitrogen and oxygen atoms in total. The highest BCUT2D eigenvalue weighted by atomic mass is 19.4. The van der Waals surface area contributed by atoms with E-state index in [1.54, 1.807) is 18.3 Å². The molecule has 4 heterocycles. The predicted molar refractivity (Wildman–Crippen MR) is 160 cm³/mol. The summed E-state index contributed by atoms with van der Waals surface area (Å²) < 4.78 is 63.3. The monoisotopic (exact) mass is 620 g/mol. The van der Waals surface area contributed by atoms with Crippen molar-refractivity contribution < 1.29 is 31.9 Å². The van der Waals surface area contributed by atoms with Gasteiger partial charge in [-0.15, -0.1) is 0 Å². The molecule has 5 rings (SSSR count). The van der Waals surface area contributed by atoms with Crippen LogP contribution in [0.2, 0.25) is 0 Å². The number of aromatic nitrogens is 1. The summed E-state index contributed by atoms with van der Waals surface area (Å²) in [6.45, 7) is 10.00. The number of hydrogen-bond donors (Lipinski definition) is 2. The van der Waals surface area contributed by atoms with Crippen molar-refractivity contribution in [2.45, 2.75) is 64.6 Å². The van der Waals surface area contributed by atoms with E-state index < -0.39 is 48.6 Å². The standard InChI is InChI=1S/C31H40F4N6O3/c1-17-13-40(14-18(2)39(17)5)27-10-25(32)22(21-6-7-28(36-11-21)41-15-19(3)44-20(4)16-41)8-26(27)38-30(43)23-12-37-29(42)9-24(23)31(33,34)35/h6-8,10-11,17-20,23-24H,9,12-16H2,1-5H3,(H,37,42)(H,38,43)/t17-,18+,19-,20+,23?,24?. The number of pyridine rings is 1. The minimum Gasteiger partial charge on any atom is -0.372 e. The molecule has 3 aliphatic heterocycles. The molecule has 2 amide bonds. The molecular formula is C31H40F4N6O3. The molecule has 3 aliphatic rings. The Kier molecular flexibility index (Phi) is 9.08. The Bertz CT molecular complexity index is 1350. The van der Waals surface area contributed by atoms with Gasteiger partial charge in [-0.1, -0.05) is 0 Å². The van der Waals surface area contributed by atoms with Crippen LogP contribution in [0.15, 0.2) is 30.5 Å². The van der Waals surface area contributed by atoms with E-state index in [9.17, 15) is 22.8 Å². The number of likely N-dealkylation sites (N-methyl/N-ethyl adjacent to an activating group) is 1. The number of hydrogen-bond acceptors (Lipinski definition) is 7. The van der Waals surface area contributed by atoms with Crippen LogP contribution in [0.1, 0.15) is 34.1 Å². The average Bonchev–Trinajstić information content (AvgIpc) is 2.95. The van der Waals surface area contributed by atoms with Gasteiger partial charge in [-0.05, 0) is 59.0 Å². The Morgan fingerprint density at radius 2 is 1.68 bits per heavy atom. The molecule has 3 fully saturated rings. The highest BCUT2D eigenvalue weighted by Crippen LogP contribution is 2.40. The van der Waals surface area contributed by atoms with Crippen LogP contribution in [0.4, 0.5) is 34.8 Å². The summed E-state index contributed by atoms with van der Waals surface area (Å²) in [6, 6.07) is 6.56. The van der Waals surface area contributed by atoms with Crippen LogP contribution < -0.4 is 20.4 Å². The topological polar surface area (TPSA) is 90.0 Å². The van der Waals surface area contributed by atoms with Gasteiger partial charge in [0, 0.05) is 68.6 Å². The number of halogens is 4. The third-order valence-electron chi connectivity index (χ3n) is 9.01. The van der Waals surface area contributed by atoms with Crippen molar-refractivity contribution in [3.63, 3.8) is 0 Å². The fourth-order valence-corrected chi connectivity index (χ4v) is 6.47. The number of morpholine rings is 1. The number of piperidine rings is 1. The number of carbonyl (C=O) groups is 2. The van der Waals surface area contributed by atoms with Crippen LogP contribution in [-0.4, -0.2) is 91.9 Å². The lowest BCUT2D eigenvalue weighted by Gasteiger charge is -2.44. The van der Waals surface area contributed by atoms with Gasteiger partial charge in [0.05, 0.1) is 35.4 Å². The molecule has 2 N–H and O–H groups in total. The quantitative estimate of drug-likeness (QED) is 0.483. The Labute approximate surface area is 254 Å². The summed E-state index contributed by atoms with van der Waals surface area (Å²) in [6.07, 6.45) is -3.94. The number of carbonyl (C=O) groups excluding carboxylic acids is 2. The van der Waals surface area contributed by atoms with Gasteiger partial charge in [0.1, 0.15) is 11.6 Å². The van der Waals surface area contributed by atoms with Crippen LogP contribution in [0.25, 0.3) is 11.1 Å². The molecule has 0 spiro atoms. The van der Waals surface area contributed by atoms with Gasteiger partial charge in [-0.2, -0.15) is 13.2 Å². The number of rotatable bonds is 5. The molecule has 6 atom stereocenters. The molecule has 44 heavy (non-hydrogen) atoms. The smallest absolute Gasteiger partial charge is 0.372 e. The summed E-state index contributed by atoms with van der Waals surface area (Å²) >= 11 is 0. The molecule has 1 aromatic heterocycles. The zero-order valence-corrected chi connectivity index (χ0v) is 25.6. The Balaban J connectivity index is 1.49. The molecule has 1 aromatic carbocycles. The van der Waals surface area contributed by atoms with Crippen LogP contribution in [-0.2, 0) is 14.3 Å². The van der Waals surface area contributed by atoms with Crippen molar-refractivity contribution in [1.82, 2.24) is 15.2 Å². The third kappa shape index (κ3) is 6.78. The zero-order chi connectivity index (χ0) is 31.9. The highest BCUT2D eigenvalue weighted by molar-refractivity contribution is 5.98. The second kappa shape index (κ2) is 12.5. The first kappa shape index (κ1) is 32.0. The number of alkyl halides is 3. The largest absolute Gasteiger partial charge is 0.393 e. The van der Waals surface area contributed by atoms with Gasteiger partial charge in [0.2, 0.25) is 11.8 Å². The number of nitrogens with one attached hydrogen (secondary N) is 2. The van der Waals surface area contributed by atoms with Crippen LogP contribution >= 0.6 is 0 Å². The lowest BCUT2D eigenvalue weighted by Crippen LogP contribution is -2.55. The summed E-state index contributed by atoms with van der Waals surface area (Å²) in [5.41, 5.74) is 1.20. The minimum atomic E-state index is -4.73. The maximum Gasteiger partial charge on any atom is 0.393 e. The zero-order valence-electron chi connectivity index (χ0n) is 25.6.